The topological polar surface area (TPSA) is 118 Å². The van der Waals surface area contributed by atoms with E-state index in [-0.39, 0.29) is 27.8 Å². The summed E-state index contributed by atoms with van der Waals surface area (Å²) in [5, 5.41) is 15.5. The highest BCUT2D eigenvalue weighted by Crippen LogP contribution is 2.14. The molecule has 0 saturated heterocycles. The van der Waals surface area contributed by atoms with E-state index < -0.39 is 5.91 Å². The van der Waals surface area contributed by atoms with Crippen LogP contribution in [0.1, 0.15) is 21.7 Å². The molecule has 4 heterocycles. The monoisotopic (exact) mass is 440 g/mol. The summed E-state index contributed by atoms with van der Waals surface area (Å²) in [7, 11) is 0. The molecule has 0 saturated carbocycles. The van der Waals surface area contributed by atoms with Gasteiger partial charge in [0.2, 0.25) is 0 Å². The molecule has 0 aliphatic rings. The maximum Gasteiger partial charge on any atom is 0.267 e. The molecule has 33 heavy (non-hydrogen) atoms. The summed E-state index contributed by atoms with van der Waals surface area (Å²) in [4.78, 5) is 30.9. The number of nitrogens with zero attached hydrogens (tertiary/aromatic N) is 4. The minimum atomic E-state index is -0.554. The van der Waals surface area contributed by atoms with Crippen LogP contribution in [0.2, 0.25) is 0 Å². The second-order valence-electron chi connectivity index (χ2n) is 7.65. The number of rotatable bonds is 5. The lowest BCUT2D eigenvalue weighted by Gasteiger charge is -2.14. The zero-order chi connectivity index (χ0) is 22.9. The molecule has 164 valence electrons. The fraction of sp³-hybridized carbons (Fsp3) is 0.125. The Morgan fingerprint density at radius 3 is 2.67 bits per heavy atom. The first kappa shape index (κ1) is 20.4. The Kier molecular flexibility index (Phi) is 5.06. The summed E-state index contributed by atoms with van der Waals surface area (Å²) < 4.78 is 8.04. The van der Waals surface area contributed by atoms with Crippen molar-refractivity contribution in [2.45, 2.75) is 19.9 Å². The number of carbonyl (C=O) groups excluding carboxylic acids is 1. The van der Waals surface area contributed by atoms with Crippen molar-refractivity contribution in [1.82, 2.24) is 19.1 Å². The van der Waals surface area contributed by atoms with Crippen molar-refractivity contribution in [3.05, 3.63) is 99.6 Å². The highest BCUT2D eigenvalue weighted by atomic mass is 16.5. The molecule has 5 rings (SSSR count). The first-order chi connectivity index (χ1) is 16.0. The van der Waals surface area contributed by atoms with Gasteiger partial charge in [0.05, 0.1) is 10.9 Å². The van der Waals surface area contributed by atoms with Crippen LogP contribution < -0.4 is 16.4 Å². The van der Waals surface area contributed by atoms with Crippen molar-refractivity contribution in [3.8, 4) is 0 Å². The molecule has 0 aliphatic carbocycles. The zero-order valence-electron chi connectivity index (χ0n) is 17.8. The van der Waals surface area contributed by atoms with Crippen LogP contribution in [0.5, 0.6) is 0 Å². The van der Waals surface area contributed by atoms with Gasteiger partial charge in [-0.3, -0.25) is 19.4 Å². The molecular formula is C24H20N6O3. The molecule has 0 radical (unpaired) electrons. The average Bonchev–Trinajstić information content (AvgIpc) is 3.23. The minimum absolute atomic E-state index is 0.0386. The van der Waals surface area contributed by atoms with E-state index in [0.29, 0.717) is 30.0 Å². The Labute approximate surface area is 187 Å². The number of pyridine rings is 2. The van der Waals surface area contributed by atoms with Crippen LogP contribution in [-0.2, 0) is 13.0 Å². The molecule has 0 bridgehead atoms. The number of hydrogen-bond acceptors (Lipinski definition) is 6. The third-order valence-corrected chi connectivity index (χ3v) is 5.40. The van der Waals surface area contributed by atoms with Gasteiger partial charge in [-0.25, -0.2) is 4.98 Å². The van der Waals surface area contributed by atoms with Gasteiger partial charge >= 0.3 is 0 Å². The van der Waals surface area contributed by atoms with Crippen molar-refractivity contribution in [2.24, 2.45) is 0 Å². The molecule has 0 fully saturated rings. The third-order valence-electron chi connectivity index (χ3n) is 5.40. The van der Waals surface area contributed by atoms with Gasteiger partial charge in [-0.1, -0.05) is 41.6 Å². The first-order valence-electron chi connectivity index (χ1n) is 10.4. The summed E-state index contributed by atoms with van der Waals surface area (Å²) in [6, 6.07) is 18.1. The number of hydrogen-bond donors (Lipinski definition) is 2. The molecule has 9 nitrogen and oxygen atoms in total. The van der Waals surface area contributed by atoms with E-state index in [4.69, 9.17) is 9.93 Å². The number of carbonyl (C=O) groups is 1. The SMILES string of the molecule is Cc1cc(NC(=O)c2cc3c(=O)n4ccccc4nc3n(CCc3ccccc3)c2=N)no1. The molecule has 1 amide bonds. The molecule has 5 aromatic rings. The maximum atomic E-state index is 13.3. The van der Waals surface area contributed by atoms with Crippen molar-refractivity contribution in [1.29, 1.82) is 5.41 Å². The Bertz CT molecular complexity index is 1610. The summed E-state index contributed by atoms with van der Waals surface area (Å²) in [5.41, 5.74) is 1.60. The van der Waals surface area contributed by atoms with Gasteiger partial charge < -0.3 is 14.4 Å². The third kappa shape index (κ3) is 3.80. The Morgan fingerprint density at radius 2 is 1.91 bits per heavy atom. The fourth-order valence-electron chi connectivity index (χ4n) is 3.77. The molecule has 0 atom stereocenters. The summed E-state index contributed by atoms with van der Waals surface area (Å²) >= 11 is 0. The Balaban J connectivity index is 1.68. The highest BCUT2D eigenvalue weighted by molar-refractivity contribution is 6.05. The molecule has 9 heteroatoms. The zero-order valence-corrected chi connectivity index (χ0v) is 17.8. The predicted octanol–water partition coefficient (Wildman–Crippen LogP) is 2.92. The van der Waals surface area contributed by atoms with Crippen molar-refractivity contribution < 1.29 is 9.32 Å². The molecule has 4 aromatic heterocycles. The second kappa shape index (κ2) is 8.19. The number of aromatic nitrogens is 4. The van der Waals surface area contributed by atoms with Crippen LogP contribution >= 0.6 is 0 Å². The van der Waals surface area contributed by atoms with Gasteiger partial charge in [-0.2, -0.15) is 0 Å². The van der Waals surface area contributed by atoms with Gasteiger partial charge in [-0.05, 0) is 37.1 Å². The van der Waals surface area contributed by atoms with E-state index in [0.717, 1.165) is 5.56 Å². The van der Waals surface area contributed by atoms with Crippen LogP contribution in [0, 0.1) is 12.3 Å². The molecule has 0 spiro atoms. The van der Waals surface area contributed by atoms with E-state index in [9.17, 15) is 9.59 Å². The lowest BCUT2D eigenvalue weighted by molar-refractivity contribution is 0.102. The van der Waals surface area contributed by atoms with Crippen molar-refractivity contribution in [3.63, 3.8) is 0 Å². The van der Waals surface area contributed by atoms with Gasteiger partial charge in [0.25, 0.3) is 11.5 Å². The van der Waals surface area contributed by atoms with Crippen LogP contribution in [0.15, 0.2) is 76.2 Å². The highest BCUT2D eigenvalue weighted by Gasteiger charge is 2.18. The number of amides is 1. The second-order valence-corrected chi connectivity index (χ2v) is 7.65. The predicted molar refractivity (Wildman–Crippen MR) is 122 cm³/mol. The number of nitrogens with one attached hydrogen (secondary N) is 2. The average molecular weight is 440 g/mol. The maximum absolute atomic E-state index is 13.3. The summed E-state index contributed by atoms with van der Waals surface area (Å²) in [6.45, 7) is 2.09. The first-order valence-corrected chi connectivity index (χ1v) is 10.4. The van der Waals surface area contributed by atoms with Gasteiger partial charge in [0.15, 0.2) is 5.82 Å². The molecule has 0 aliphatic heterocycles. The number of fused-ring (bicyclic) bond motifs is 2. The number of aryl methyl sites for hydroxylation is 3. The normalized spacial score (nSPS) is 11.2. The van der Waals surface area contributed by atoms with Gasteiger partial charge in [0, 0.05) is 18.8 Å². The summed E-state index contributed by atoms with van der Waals surface area (Å²) in [5.74, 6) is 0.226. The van der Waals surface area contributed by atoms with E-state index in [1.54, 1.807) is 42.0 Å². The quantitative estimate of drug-likeness (QED) is 0.408. The van der Waals surface area contributed by atoms with E-state index in [2.05, 4.69) is 15.5 Å². The molecular weight excluding hydrogens is 420 g/mol. The standard InChI is InChI=1S/C24H20N6O3/c1-15-13-19(28-33-15)26-23(31)17-14-18-22(27-20-9-5-6-11-29(20)24(18)32)30(21(17)25)12-10-16-7-3-2-4-8-16/h2-9,11,13-14,25H,10,12H2,1H3,(H,26,28,31). The Hall–Kier alpha value is -4.53. The van der Waals surface area contributed by atoms with Crippen LogP contribution in [0.3, 0.4) is 0 Å². The van der Waals surface area contributed by atoms with Gasteiger partial charge in [-0.15, -0.1) is 0 Å². The Morgan fingerprint density at radius 1 is 1.12 bits per heavy atom. The van der Waals surface area contributed by atoms with E-state index >= 15 is 0 Å². The van der Waals surface area contributed by atoms with Crippen LogP contribution in [-0.4, -0.2) is 25.0 Å². The fourth-order valence-corrected chi connectivity index (χ4v) is 3.77. The lowest BCUT2D eigenvalue weighted by Crippen LogP contribution is -2.32. The lowest BCUT2D eigenvalue weighted by atomic mass is 10.1. The minimum Gasteiger partial charge on any atom is -0.360 e. The number of benzene rings is 1. The van der Waals surface area contributed by atoms with Crippen molar-refractivity contribution >= 4 is 28.4 Å². The molecule has 1 aromatic carbocycles. The number of anilines is 1. The molecule has 2 N–H and O–H groups in total. The smallest absolute Gasteiger partial charge is 0.267 e. The van der Waals surface area contributed by atoms with E-state index in [1.165, 1.54) is 10.5 Å². The van der Waals surface area contributed by atoms with Gasteiger partial charge in [0.1, 0.15) is 22.5 Å². The van der Waals surface area contributed by atoms with Crippen molar-refractivity contribution in [2.75, 3.05) is 5.32 Å². The van der Waals surface area contributed by atoms with Crippen LogP contribution in [0.25, 0.3) is 16.7 Å². The molecule has 0 unspecified atom stereocenters. The van der Waals surface area contributed by atoms with E-state index in [1.807, 2.05) is 30.3 Å². The van der Waals surface area contributed by atoms with Crippen LogP contribution in [0.4, 0.5) is 5.82 Å². The largest absolute Gasteiger partial charge is 0.360 e. The summed E-state index contributed by atoms with van der Waals surface area (Å²) in [6.07, 6.45) is 2.24.